The van der Waals surface area contributed by atoms with E-state index in [1.165, 1.54) is 161 Å². The van der Waals surface area contributed by atoms with E-state index in [0.29, 0.717) is 19.3 Å². The average Bonchev–Trinajstić information content (AvgIpc) is 3.36. The van der Waals surface area contributed by atoms with Crippen LogP contribution >= 0.6 is 0 Å². The van der Waals surface area contributed by atoms with Crippen molar-refractivity contribution in [3.05, 3.63) is 48.6 Å². The molecule has 0 aromatic carbocycles. The minimum absolute atomic E-state index is 0.240. The van der Waals surface area contributed by atoms with Gasteiger partial charge in [-0.1, -0.05) is 210 Å². The number of hydrogen-bond donors (Lipinski definition) is 8. The molecule has 11 nitrogen and oxygen atoms in total. The minimum Gasteiger partial charge on any atom is -0.394 e. The van der Waals surface area contributed by atoms with Crippen molar-refractivity contribution in [3.63, 3.8) is 0 Å². The van der Waals surface area contributed by atoms with E-state index in [0.717, 1.165) is 44.9 Å². The summed E-state index contributed by atoms with van der Waals surface area (Å²) in [6, 6.07) is -1.20. The summed E-state index contributed by atoms with van der Waals surface area (Å²) in [5.41, 5.74) is 0. The summed E-state index contributed by atoms with van der Waals surface area (Å²) in [6.45, 7) is 3.43. The molecule has 11 heteroatoms. The van der Waals surface area contributed by atoms with Crippen molar-refractivity contribution in [2.24, 2.45) is 0 Å². The van der Waals surface area contributed by atoms with E-state index >= 15 is 0 Å². The van der Waals surface area contributed by atoms with Crippen molar-refractivity contribution in [1.82, 2.24) is 5.32 Å². The fraction of sp³-hybridized carbons (Fsp3) is 0.847. The predicted molar refractivity (Wildman–Crippen MR) is 288 cm³/mol. The third-order valence-electron chi connectivity index (χ3n) is 13.8. The van der Waals surface area contributed by atoms with E-state index in [1.54, 1.807) is 0 Å². The summed E-state index contributed by atoms with van der Waals surface area (Å²) in [7, 11) is 0. The molecule has 70 heavy (non-hydrogen) atoms. The number of hydrogen-bond acceptors (Lipinski definition) is 10. The molecule has 0 radical (unpaired) electrons. The van der Waals surface area contributed by atoms with Gasteiger partial charge >= 0.3 is 0 Å². The Bertz CT molecular complexity index is 1280. The molecule has 0 bridgehead atoms. The van der Waals surface area contributed by atoms with Crippen molar-refractivity contribution in [3.8, 4) is 0 Å². The molecule has 9 unspecified atom stereocenters. The van der Waals surface area contributed by atoms with Crippen LogP contribution in [-0.4, -0.2) is 110 Å². The van der Waals surface area contributed by atoms with E-state index in [9.17, 15) is 40.5 Å². The van der Waals surface area contributed by atoms with E-state index in [1.807, 2.05) is 0 Å². The Morgan fingerprint density at radius 1 is 0.486 bits per heavy atom. The van der Waals surface area contributed by atoms with Crippen molar-refractivity contribution in [2.45, 2.75) is 306 Å². The molecule has 1 heterocycles. The fourth-order valence-corrected chi connectivity index (χ4v) is 9.06. The Hall–Kier alpha value is -1.93. The van der Waals surface area contributed by atoms with E-state index < -0.39 is 74.2 Å². The van der Waals surface area contributed by atoms with Crippen LogP contribution in [0.2, 0.25) is 0 Å². The number of ether oxygens (including phenoxy) is 2. The van der Waals surface area contributed by atoms with Gasteiger partial charge in [-0.15, -0.1) is 0 Å². The Balaban J connectivity index is 2.32. The van der Waals surface area contributed by atoms with Gasteiger partial charge in [-0.2, -0.15) is 0 Å². The van der Waals surface area contributed by atoms with E-state index in [-0.39, 0.29) is 12.8 Å². The van der Waals surface area contributed by atoms with E-state index in [4.69, 9.17) is 9.47 Å². The Kier molecular flexibility index (Phi) is 45.3. The van der Waals surface area contributed by atoms with Crippen molar-refractivity contribution in [1.29, 1.82) is 0 Å². The summed E-state index contributed by atoms with van der Waals surface area (Å²) < 4.78 is 11.1. The first kappa shape index (κ1) is 66.1. The maximum Gasteiger partial charge on any atom is 0.249 e. The number of carbonyl (C=O) groups excluding carboxylic acids is 1. The SMILES string of the molecule is CCCCCC/C=C/CC/C=C/CC/C=C/CCCC(O)C(O)C(COC1OC(CO)C(O)C(O)C1O)NC(=O)C(O)CCCCCCCCCCCC/C=C\CCCCCCCCCCCCCC. The highest BCUT2D eigenvalue weighted by Crippen LogP contribution is 2.23. The topological polar surface area (TPSA) is 189 Å². The molecule has 1 fully saturated rings. The third kappa shape index (κ3) is 36.1. The molecule has 410 valence electrons. The van der Waals surface area contributed by atoms with Crippen LogP contribution in [0.25, 0.3) is 0 Å². The number of allylic oxidation sites excluding steroid dienone is 8. The van der Waals surface area contributed by atoms with Gasteiger partial charge in [0.2, 0.25) is 5.91 Å². The summed E-state index contributed by atoms with van der Waals surface area (Å²) in [6.07, 6.45) is 48.8. The lowest BCUT2D eigenvalue weighted by Gasteiger charge is -2.40. The molecular weight excluding hydrogens is 883 g/mol. The lowest BCUT2D eigenvalue weighted by Crippen LogP contribution is -2.60. The normalized spacial score (nSPS) is 20.6. The second kappa shape index (κ2) is 48.0. The number of rotatable bonds is 49. The lowest BCUT2D eigenvalue weighted by atomic mass is 9.98. The first-order chi connectivity index (χ1) is 34.2. The quantitative estimate of drug-likeness (QED) is 0.0215. The van der Waals surface area contributed by atoms with Gasteiger partial charge in [-0.3, -0.25) is 4.79 Å². The molecule has 1 amide bonds. The number of amides is 1. The molecule has 1 aliphatic heterocycles. The molecule has 1 rings (SSSR count). The van der Waals surface area contributed by atoms with Crippen LogP contribution in [0.4, 0.5) is 0 Å². The van der Waals surface area contributed by atoms with Crippen molar-refractivity contribution in [2.75, 3.05) is 13.2 Å². The summed E-state index contributed by atoms with van der Waals surface area (Å²) in [4.78, 5) is 13.2. The van der Waals surface area contributed by atoms with Gasteiger partial charge in [-0.05, 0) is 89.9 Å². The number of nitrogens with one attached hydrogen (secondary N) is 1. The monoisotopic (exact) mass is 992 g/mol. The Morgan fingerprint density at radius 2 is 0.857 bits per heavy atom. The zero-order valence-corrected chi connectivity index (χ0v) is 44.7. The maximum absolute atomic E-state index is 13.2. The molecule has 1 saturated heterocycles. The summed E-state index contributed by atoms with van der Waals surface area (Å²) in [5, 5.41) is 76.0. The van der Waals surface area contributed by atoms with Crippen LogP contribution in [0.15, 0.2) is 48.6 Å². The standard InChI is InChI=1S/C59H109NO10/c1-3-5-7-9-11-13-15-17-19-21-22-23-24-25-26-27-28-29-31-33-35-37-39-41-43-45-47-52(63)58(68)60-50(49-69-59-57(67)56(66)55(65)53(48-61)70-59)54(64)51(62)46-44-42-40-38-36-34-32-30-20-18-16-14-12-10-8-6-4-2/h14,16,25-26,30,32,38,40,50-57,59,61-67H,3-13,15,17-24,27-29,31,33-37,39,41-49H2,1-2H3,(H,60,68)/b16-14+,26-25-,32-30+,40-38+. The highest BCUT2D eigenvalue weighted by Gasteiger charge is 2.44. The van der Waals surface area contributed by atoms with Crippen LogP contribution in [0, 0.1) is 0 Å². The maximum atomic E-state index is 13.2. The second-order valence-corrected chi connectivity index (χ2v) is 20.3. The largest absolute Gasteiger partial charge is 0.394 e. The van der Waals surface area contributed by atoms with Gasteiger partial charge in [0.05, 0.1) is 25.4 Å². The first-order valence-electron chi connectivity index (χ1n) is 29.0. The third-order valence-corrected chi connectivity index (χ3v) is 13.8. The molecule has 0 aromatic rings. The molecule has 0 spiro atoms. The van der Waals surface area contributed by atoms with Gasteiger partial charge in [0, 0.05) is 0 Å². The van der Waals surface area contributed by atoms with Crippen LogP contribution in [0.1, 0.15) is 251 Å². The fourth-order valence-electron chi connectivity index (χ4n) is 9.06. The van der Waals surface area contributed by atoms with Gasteiger partial charge in [-0.25, -0.2) is 0 Å². The van der Waals surface area contributed by atoms with Gasteiger partial charge in [0.1, 0.15) is 36.6 Å². The number of aliphatic hydroxyl groups is 7. The van der Waals surface area contributed by atoms with Crippen molar-refractivity contribution < 1.29 is 50.0 Å². The highest BCUT2D eigenvalue weighted by atomic mass is 16.7. The first-order valence-corrected chi connectivity index (χ1v) is 29.0. The molecule has 8 N–H and O–H groups in total. The van der Waals surface area contributed by atoms with Gasteiger partial charge < -0.3 is 50.5 Å². The molecule has 0 aromatic heterocycles. The van der Waals surface area contributed by atoms with Crippen LogP contribution in [0.5, 0.6) is 0 Å². The van der Waals surface area contributed by atoms with Crippen LogP contribution in [0.3, 0.4) is 0 Å². The molecule has 1 aliphatic rings. The van der Waals surface area contributed by atoms with Crippen molar-refractivity contribution >= 4 is 5.91 Å². The molecule has 0 saturated carbocycles. The Morgan fingerprint density at radius 3 is 1.29 bits per heavy atom. The second-order valence-electron chi connectivity index (χ2n) is 20.3. The highest BCUT2D eigenvalue weighted by molar-refractivity contribution is 5.80. The van der Waals surface area contributed by atoms with Gasteiger partial charge in [0.15, 0.2) is 6.29 Å². The van der Waals surface area contributed by atoms with E-state index in [2.05, 4.69) is 67.8 Å². The smallest absolute Gasteiger partial charge is 0.249 e. The lowest BCUT2D eigenvalue weighted by molar-refractivity contribution is -0.303. The van der Waals surface area contributed by atoms with Crippen LogP contribution < -0.4 is 5.32 Å². The van der Waals surface area contributed by atoms with Crippen LogP contribution in [-0.2, 0) is 14.3 Å². The zero-order chi connectivity index (χ0) is 51.1. The number of carbonyl (C=O) groups is 1. The predicted octanol–water partition coefficient (Wildman–Crippen LogP) is 12.1. The zero-order valence-electron chi connectivity index (χ0n) is 44.7. The summed E-state index contributed by atoms with van der Waals surface area (Å²) in [5.74, 6) is -0.713. The number of aliphatic hydroxyl groups excluding tert-OH is 7. The number of unbranched alkanes of at least 4 members (excludes halogenated alkanes) is 29. The average molecular weight is 993 g/mol. The minimum atomic E-state index is -1.67. The Labute approximate surface area is 428 Å². The molecule has 9 atom stereocenters. The summed E-state index contributed by atoms with van der Waals surface area (Å²) >= 11 is 0. The molecule has 0 aliphatic carbocycles. The van der Waals surface area contributed by atoms with Gasteiger partial charge in [0.25, 0.3) is 0 Å². The molecular formula is C59H109NO10.